The number of carbonyl (C=O) groups excluding carboxylic acids is 2. The third-order valence-corrected chi connectivity index (χ3v) is 8.17. The van der Waals surface area contributed by atoms with E-state index in [1.807, 2.05) is 0 Å². The highest BCUT2D eigenvalue weighted by Crippen LogP contribution is 2.24. The van der Waals surface area contributed by atoms with Crippen LogP contribution in [0.4, 0.5) is 0 Å². The Morgan fingerprint density at radius 2 is 1.88 bits per heavy atom. The molecule has 2 amide bonds. The van der Waals surface area contributed by atoms with Gasteiger partial charge in [-0.1, -0.05) is 23.7 Å². The zero-order chi connectivity index (χ0) is 23.8. The summed E-state index contributed by atoms with van der Waals surface area (Å²) in [6.07, 6.45) is 2.06. The largest absolute Gasteiger partial charge is 0.380 e. The lowest BCUT2D eigenvalue weighted by molar-refractivity contribution is -0.145. The van der Waals surface area contributed by atoms with E-state index >= 15 is 0 Å². The Labute approximate surface area is 198 Å². The maximum Gasteiger partial charge on any atom is 0.245 e. The Morgan fingerprint density at radius 3 is 2.64 bits per heavy atom. The molecule has 0 radical (unpaired) electrons. The summed E-state index contributed by atoms with van der Waals surface area (Å²) in [6.45, 7) is 3.15. The number of nitrogens with zero attached hydrogens (tertiary/aromatic N) is 2. The fraction of sp³-hybridized carbons (Fsp3) is 0.478. The Bertz CT molecular complexity index is 1170. The van der Waals surface area contributed by atoms with Gasteiger partial charge in [0.15, 0.2) is 0 Å². The molecule has 4 rings (SSSR count). The predicted octanol–water partition coefficient (Wildman–Crippen LogP) is 2.40. The van der Waals surface area contributed by atoms with Crippen LogP contribution < -0.4 is 4.72 Å². The van der Waals surface area contributed by atoms with Crippen molar-refractivity contribution < 1.29 is 22.7 Å². The van der Waals surface area contributed by atoms with Gasteiger partial charge in [0, 0.05) is 31.8 Å². The van der Waals surface area contributed by atoms with Crippen molar-refractivity contribution in [3.05, 3.63) is 41.4 Å². The number of rotatable bonds is 6. The van der Waals surface area contributed by atoms with E-state index in [0.717, 1.165) is 23.6 Å². The summed E-state index contributed by atoms with van der Waals surface area (Å²) in [5.74, 6) is -0.519. The number of nitrogens with one attached hydrogen (secondary N) is 1. The summed E-state index contributed by atoms with van der Waals surface area (Å²) in [5.41, 5.74) is 0. The molecular formula is C23H28ClN3O5S. The number of piperidine rings is 1. The number of ether oxygens (including phenoxy) is 1. The first kappa shape index (κ1) is 23.9. The lowest BCUT2D eigenvalue weighted by Gasteiger charge is -2.35. The lowest BCUT2D eigenvalue weighted by Crippen LogP contribution is -2.53. The van der Waals surface area contributed by atoms with Gasteiger partial charge >= 0.3 is 0 Å². The minimum Gasteiger partial charge on any atom is -0.380 e. The molecule has 0 aliphatic carbocycles. The number of carbonyl (C=O) groups is 2. The van der Waals surface area contributed by atoms with E-state index in [1.54, 1.807) is 49.3 Å². The second-order valence-corrected chi connectivity index (χ2v) is 10.8. The number of hydrogen-bond acceptors (Lipinski definition) is 5. The fourth-order valence-corrected chi connectivity index (χ4v) is 5.98. The maximum absolute atomic E-state index is 13.0. The number of likely N-dealkylation sites (tertiary alicyclic amines) is 2. The number of amides is 2. The number of methoxy groups -OCH3 is 1. The maximum atomic E-state index is 13.0. The monoisotopic (exact) mass is 493 g/mol. The van der Waals surface area contributed by atoms with Gasteiger partial charge < -0.3 is 14.5 Å². The van der Waals surface area contributed by atoms with Crippen LogP contribution >= 0.6 is 11.6 Å². The molecule has 2 aliphatic heterocycles. The van der Waals surface area contributed by atoms with Crippen molar-refractivity contribution in [1.29, 1.82) is 0 Å². The van der Waals surface area contributed by atoms with Gasteiger partial charge in [-0.05, 0) is 61.2 Å². The molecule has 3 atom stereocenters. The molecule has 0 bridgehead atoms. The van der Waals surface area contributed by atoms with Gasteiger partial charge in [0.1, 0.15) is 12.1 Å². The third kappa shape index (κ3) is 5.01. The topological polar surface area (TPSA) is 96.0 Å². The molecule has 33 heavy (non-hydrogen) atoms. The van der Waals surface area contributed by atoms with Crippen molar-refractivity contribution in [1.82, 2.24) is 14.5 Å². The first-order valence-corrected chi connectivity index (χ1v) is 12.9. The van der Waals surface area contributed by atoms with Crippen LogP contribution in [0.1, 0.15) is 26.2 Å². The molecule has 2 fully saturated rings. The molecule has 2 aromatic carbocycles. The predicted molar refractivity (Wildman–Crippen MR) is 125 cm³/mol. The highest BCUT2D eigenvalue weighted by Gasteiger charge is 2.40. The van der Waals surface area contributed by atoms with Gasteiger partial charge in [-0.25, -0.2) is 8.42 Å². The van der Waals surface area contributed by atoms with E-state index in [9.17, 15) is 18.0 Å². The van der Waals surface area contributed by atoms with Gasteiger partial charge in [0.25, 0.3) is 0 Å². The summed E-state index contributed by atoms with van der Waals surface area (Å²) in [6, 6.07) is 8.38. The minimum atomic E-state index is -3.92. The van der Waals surface area contributed by atoms with Gasteiger partial charge in [-0.3, -0.25) is 9.59 Å². The van der Waals surface area contributed by atoms with E-state index in [-0.39, 0.29) is 22.8 Å². The highest BCUT2D eigenvalue weighted by atomic mass is 35.5. The van der Waals surface area contributed by atoms with Crippen molar-refractivity contribution in [2.24, 2.45) is 0 Å². The van der Waals surface area contributed by atoms with Crippen molar-refractivity contribution in [3.63, 3.8) is 0 Å². The van der Waals surface area contributed by atoms with Gasteiger partial charge in [-0.15, -0.1) is 0 Å². The quantitative estimate of drug-likeness (QED) is 0.666. The summed E-state index contributed by atoms with van der Waals surface area (Å²) in [4.78, 5) is 29.3. The normalized spacial score (nSPS) is 22.7. The zero-order valence-electron chi connectivity index (χ0n) is 18.7. The molecule has 2 aliphatic rings. The Hall–Kier alpha value is -2.20. The number of benzene rings is 2. The van der Waals surface area contributed by atoms with Crippen LogP contribution in [-0.2, 0) is 24.3 Å². The zero-order valence-corrected chi connectivity index (χ0v) is 20.2. The summed E-state index contributed by atoms with van der Waals surface area (Å²) in [5, 5.41) is 2.13. The fourth-order valence-electron chi connectivity index (χ4n) is 4.54. The number of hydrogen-bond donors (Lipinski definition) is 1. The molecule has 0 saturated carbocycles. The minimum absolute atomic E-state index is 0.00159. The number of fused-ring (bicyclic) bond motifs is 1. The molecule has 8 nitrogen and oxygen atoms in total. The van der Waals surface area contributed by atoms with Crippen LogP contribution in [0, 0.1) is 0 Å². The molecule has 2 saturated heterocycles. The van der Waals surface area contributed by atoms with Gasteiger partial charge in [0.05, 0.1) is 11.0 Å². The van der Waals surface area contributed by atoms with Crippen molar-refractivity contribution >= 4 is 44.2 Å². The van der Waals surface area contributed by atoms with Gasteiger partial charge in [0.2, 0.25) is 21.8 Å². The second-order valence-electron chi connectivity index (χ2n) is 8.61. The lowest BCUT2D eigenvalue weighted by atomic mass is 10.1. The van der Waals surface area contributed by atoms with Crippen LogP contribution in [-0.4, -0.2) is 75.0 Å². The molecule has 1 N–H and O–H groups in total. The standard InChI is InChI=1S/C23H28ClN3O5S/c1-15(22(28)26-10-3-4-19(14-26)32-2)27-11-9-21(23(27)29)25-33(30,31)20-8-6-16-12-18(24)7-5-17(16)13-20/h5-8,12-13,15,19,21,25H,3-4,9-11,14H2,1-2H3. The summed E-state index contributed by atoms with van der Waals surface area (Å²) >= 11 is 6.00. The Kier molecular flexibility index (Phi) is 6.95. The third-order valence-electron chi connectivity index (χ3n) is 6.47. The first-order valence-electron chi connectivity index (χ1n) is 11.0. The SMILES string of the molecule is COC1CCCN(C(=O)C(C)N2CCC(NS(=O)(=O)c3ccc4cc(Cl)ccc4c3)C2=O)C1. The highest BCUT2D eigenvalue weighted by molar-refractivity contribution is 7.89. The molecule has 0 spiro atoms. The van der Waals surface area contributed by atoms with Crippen LogP contribution in [0.5, 0.6) is 0 Å². The van der Waals surface area contributed by atoms with Crippen LogP contribution in [0.2, 0.25) is 5.02 Å². The number of halogens is 1. The summed E-state index contributed by atoms with van der Waals surface area (Å²) in [7, 11) is -2.29. The second kappa shape index (κ2) is 9.58. The molecule has 2 heterocycles. The molecule has 3 unspecified atom stereocenters. The van der Waals surface area contributed by atoms with Crippen LogP contribution in [0.25, 0.3) is 10.8 Å². The first-order chi connectivity index (χ1) is 15.7. The molecule has 178 valence electrons. The van der Waals surface area contributed by atoms with Crippen molar-refractivity contribution in [2.45, 2.75) is 49.3 Å². The summed E-state index contributed by atoms with van der Waals surface area (Å²) < 4.78 is 33.9. The molecule has 0 aromatic heterocycles. The molecule has 2 aromatic rings. The smallest absolute Gasteiger partial charge is 0.245 e. The van der Waals surface area contributed by atoms with E-state index in [0.29, 0.717) is 31.1 Å². The Morgan fingerprint density at radius 1 is 1.15 bits per heavy atom. The average Bonchev–Trinajstić information content (AvgIpc) is 3.16. The molecular weight excluding hydrogens is 466 g/mol. The van der Waals surface area contributed by atoms with E-state index in [2.05, 4.69) is 4.72 Å². The van der Waals surface area contributed by atoms with E-state index < -0.39 is 22.1 Å². The van der Waals surface area contributed by atoms with Crippen LogP contribution in [0.3, 0.4) is 0 Å². The van der Waals surface area contributed by atoms with E-state index in [4.69, 9.17) is 16.3 Å². The van der Waals surface area contributed by atoms with Crippen molar-refractivity contribution in [3.8, 4) is 0 Å². The number of sulfonamides is 1. The molecule has 10 heteroatoms. The van der Waals surface area contributed by atoms with E-state index in [1.165, 1.54) is 11.0 Å². The average molecular weight is 494 g/mol. The van der Waals surface area contributed by atoms with Crippen molar-refractivity contribution in [2.75, 3.05) is 26.7 Å². The van der Waals surface area contributed by atoms with Gasteiger partial charge in [-0.2, -0.15) is 4.72 Å². The Balaban J connectivity index is 1.44. The van der Waals surface area contributed by atoms with Crippen LogP contribution in [0.15, 0.2) is 41.3 Å².